The number of carbonyl (C=O) groups is 1. The molecule has 1 rings (SSSR count). The summed E-state index contributed by atoms with van der Waals surface area (Å²) < 4.78 is 10.6. The molecule has 0 radical (unpaired) electrons. The van der Waals surface area contributed by atoms with Gasteiger partial charge in [0.05, 0.1) is 19.6 Å². The molecule has 2 N–H and O–H groups in total. The third-order valence-corrected chi connectivity index (χ3v) is 3.14. The maximum absolute atomic E-state index is 11.2. The van der Waals surface area contributed by atoms with Crippen LogP contribution in [0.2, 0.25) is 0 Å². The number of hydrogen-bond donors (Lipinski definition) is 1. The van der Waals surface area contributed by atoms with Crippen LogP contribution < -0.4 is 10.5 Å². The Bertz CT molecular complexity index is 424. The Morgan fingerprint density at radius 2 is 2.05 bits per heavy atom. The number of esters is 1. The van der Waals surface area contributed by atoms with E-state index in [9.17, 15) is 4.79 Å². The van der Waals surface area contributed by atoms with Crippen LogP contribution in [0.3, 0.4) is 0 Å². The van der Waals surface area contributed by atoms with Gasteiger partial charge in [0.2, 0.25) is 0 Å². The number of nitrogens with two attached hydrogens (primary N) is 1. The van der Waals surface area contributed by atoms with Gasteiger partial charge in [0, 0.05) is 25.2 Å². The minimum absolute atomic E-state index is 0.141. The van der Waals surface area contributed by atoms with E-state index in [2.05, 4.69) is 4.90 Å². The van der Waals surface area contributed by atoms with E-state index in [4.69, 9.17) is 15.2 Å². The molecule has 0 heterocycles. The molecule has 0 saturated carbocycles. The normalized spacial score (nSPS) is 10.7. The van der Waals surface area contributed by atoms with Gasteiger partial charge in [0.25, 0.3) is 0 Å². The van der Waals surface area contributed by atoms with Crippen molar-refractivity contribution in [2.45, 2.75) is 26.3 Å². The van der Waals surface area contributed by atoms with E-state index in [0.29, 0.717) is 32.7 Å². The van der Waals surface area contributed by atoms with E-state index in [0.717, 1.165) is 24.3 Å². The first-order valence-electron chi connectivity index (χ1n) is 7.42. The van der Waals surface area contributed by atoms with Crippen molar-refractivity contribution in [1.82, 2.24) is 4.90 Å². The Balaban J connectivity index is 2.17. The van der Waals surface area contributed by atoms with Crippen LogP contribution in [0.1, 0.15) is 25.3 Å². The SMILES string of the molecule is CCOC(=O)CCN(C)CCCOc1ccccc1CN. The summed E-state index contributed by atoms with van der Waals surface area (Å²) >= 11 is 0. The van der Waals surface area contributed by atoms with Crippen molar-refractivity contribution >= 4 is 5.97 Å². The van der Waals surface area contributed by atoms with Crippen molar-refractivity contribution in [3.05, 3.63) is 29.8 Å². The number of para-hydroxylation sites is 1. The molecule has 0 amide bonds. The number of benzene rings is 1. The van der Waals surface area contributed by atoms with Gasteiger partial charge in [0.1, 0.15) is 5.75 Å². The zero-order valence-electron chi connectivity index (χ0n) is 13.0. The summed E-state index contributed by atoms with van der Waals surface area (Å²) in [6.45, 7) is 4.97. The second-order valence-electron chi connectivity index (χ2n) is 4.87. The lowest BCUT2D eigenvalue weighted by Gasteiger charge is -2.16. The highest BCUT2D eigenvalue weighted by atomic mass is 16.5. The Labute approximate surface area is 127 Å². The molecule has 0 spiro atoms. The van der Waals surface area contributed by atoms with Crippen LogP contribution in [0.4, 0.5) is 0 Å². The summed E-state index contributed by atoms with van der Waals surface area (Å²) in [6.07, 6.45) is 1.33. The first-order valence-corrected chi connectivity index (χ1v) is 7.42. The number of hydrogen-bond acceptors (Lipinski definition) is 5. The third kappa shape index (κ3) is 7.11. The zero-order valence-corrected chi connectivity index (χ0v) is 13.0. The summed E-state index contributed by atoms with van der Waals surface area (Å²) in [6, 6.07) is 7.81. The Kier molecular flexibility index (Phi) is 8.47. The van der Waals surface area contributed by atoms with Crippen LogP contribution in [0.5, 0.6) is 5.75 Å². The Hall–Kier alpha value is -1.59. The van der Waals surface area contributed by atoms with Crippen LogP contribution in [-0.2, 0) is 16.1 Å². The molecule has 0 bridgehead atoms. The summed E-state index contributed by atoms with van der Waals surface area (Å²) in [4.78, 5) is 13.4. The van der Waals surface area contributed by atoms with Gasteiger partial charge in [-0.25, -0.2) is 0 Å². The fraction of sp³-hybridized carbons (Fsp3) is 0.562. The van der Waals surface area contributed by atoms with Crippen LogP contribution in [0.15, 0.2) is 24.3 Å². The minimum atomic E-state index is -0.141. The summed E-state index contributed by atoms with van der Waals surface area (Å²) in [7, 11) is 1.99. The number of ether oxygens (including phenoxy) is 2. The molecule has 0 aliphatic carbocycles. The number of rotatable bonds is 10. The average molecular weight is 294 g/mol. The molecule has 1 aromatic rings. The van der Waals surface area contributed by atoms with Crippen LogP contribution in [0, 0.1) is 0 Å². The van der Waals surface area contributed by atoms with Gasteiger partial charge in [-0.3, -0.25) is 4.79 Å². The smallest absolute Gasteiger partial charge is 0.307 e. The highest BCUT2D eigenvalue weighted by molar-refractivity contribution is 5.69. The molecule has 21 heavy (non-hydrogen) atoms. The standard InChI is InChI=1S/C16H26N2O3/c1-3-20-16(19)9-11-18(2)10-6-12-21-15-8-5-4-7-14(15)13-17/h4-5,7-8H,3,6,9-13,17H2,1-2H3. The van der Waals surface area contributed by atoms with Crippen LogP contribution in [0.25, 0.3) is 0 Å². The van der Waals surface area contributed by atoms with Gasteiger partial charge in [0.15, 0.2) is 0 Å². The van der Waals surface area contributed by atoms with E-state index in [1.807, 2.05) is 38.2 Å². The molecule has 0 fully saturated rings. The van der Waals surface area contributed by atoms with Crippen LogP contribution in [-0.4, -0.2) is 44.2 Å². The van der Waals surface area contributed by atoms with Gasteiger partial charge in [-0.05, 0) is 26.5 Å². The van der Waals surface area contributed by atoms with E-state index in [1.54, 1.807) is 0 Å². The summed E-state index contributed by atoms with van der Waals surface area (Å²) in [5, 5.41) is 0. The minimum Gasteiger partial charge on any atom is -0.493 e. The number of carbonyl (C=O) groups excluding carboxylic acids is 1. The molecule has 0 aromatic heterocycles. The van der Waals surface area contributed by atoms with Gasteiger partial charge >= 0.3 is 5.97 Å². The monoisotopic (exact) mass is 294 g/mol. The fourth-order valence-corrected chi connectivity index (χ4v) is 1.96. The predicted octanol–water partition coefficient (Wildman–Crippen LogP) is 1.80. The van der Waals surface area contributed by atoms with Crippen molar-refractivity contribution in [1.29, 1.82) is 0 Å². The Morgan fingerprint density at radius 1 is 1.29 bits per heavy atom. The molecule has 0 aliphatic heterocycles. The van der Waals surface area contributed by atoms with E-state index >= 15 is 0 Å². The quantitative estimate of drug-likeness (QED) is 0.526. The molecule has 5 heteroatoms. The second-order valence-corrected chi connectivity index (χ2v) is 4.87. The molecule has 118 valence electrons. The lowest BCUT2D eigenvalue weighted by atomic mass is 10.2. The molecule has 0 atom stereocenters. The van der Waals surface area contributed by atoms with Crippen molar-refractivity contribution in [2.24, 2.45) is 5.73 Å². The van der Waals surface area contributed by atoms with E-state index in [-0.39, 0.29) is 5.97 Å². The molecular formula is C16H26N2O3. The van der Waals surface area contributed by atoms with E-state index in [1.165, 1.54) is 0 Å². The van der Waals surface area contributed by atoms with Gasteiger partial charge < -0.3 is 20.1 Å². The molecule has 0 saturated heterocycles. The second kappa shape index (κ2) is 10.2. The predicted molar refractivity (Wildman–Crippen MR) is 83.2 cm³/mol. The van der Waals surface area contributed by atoms with Crippen molar-refractivity contribution in [3.63, 3.8) is 0 Å². The lowest BCUT2D eigenvalue weighted by molar-refractivity contribution is -0.143. The molecule has 5 nitrogen and oxygen atoms in total. The van der Waals surface area contributed by atoms with Gasteiger partial charge in [-0.1, -0.05) is 18.2 Å². The molecular weight excluding hydrogens is 268 g/mol. The highest BCUT2D eigenvalue weighted by Gasteiger charge is 2.05. The molecule has 1 aromatic carbocycles. The first-order chi connectivity index (χ1) is 10.2. The highest BCUT2D eigenvalue weighted by Crippen LogP contribution is 2.17. The molecule has 0 aliphatic rings. The topological polar surface area (TPSA) is 64.8 Å². The largest absolute Gasteiger partial charge is 0.493 e. The summed E-state index contributed by atoms with van der Waals surface area (Å²) in [5.74, 6) is 0.714. The first kappa shape index (κ1) is 17.5. The van der Waals surface area contributed by atoms with E-state index < -0.39 is 0 Å². The Morgan fingerprint density at radius 3 is 2.76 bits per heavy atom. The van der Waals surface area contributed by atoms with Crippen molar-refractivity contribution in [3.8, 4) is 5.75 Å². The van der Waals surface area contributed by atoms with Gasteiger partial charge in [-0.2, -0.15) is 0 Å². The summed E-state index contributed by atoms with van der Waals surface area (Å²) in [5.41, 5.74) is 6.69. The molecule has 0 unspecified atom stereocenters. The maximum atomic E-state index is 11.2. The van der Waals surface area contributed by atoms with Crippen LogP contribution >= 0.6 is 0 Å². The van der Waals surface area contributed by atoms with Crippen molar-refractivity contribution in [2.75, 3.05) is 33.4 Å². The number of nitrogens with zero attached hydrogens (tertiary/aromatic N) is 1. The third-order valence-electron chi connectivity index (χ3n) is 3.14. The average Bonchev–Trinajstić information content (AvgIpc) is 2.50. The van der Waals surface area contributed by atoms with Crippen molar-refractivity contribution < 1.29 is 14.3 Å². The lowest BCUT2D eigenvalue weighted by Crippen LogP contribution is -2.24. The van der Waals surface area contributed by atoms with Gasteiger partial charge in [-0.15, -0.1) is 0 Å². The zero-order chi connectivity index (χ0) is 15.5. The maximum Gasteiger partial charge on any atom is 0.307 e. The fourth-order valence-electron chi connectivity index (χ4n) is 1.96.